The van der Waals surface area contributed by atoms with Gasteiger partial charge in [-0.05, 0) is 84.3 Å². The molecule has 3 aromatic carbocycles. The molecule has 2 atom stereocenters. The number of thioether (sulfide) groups is 1. The topological polar surface area (TPSA) is 92.8 Å². The molecular weight excluding hydrogens is 596 g/mol. The van der Waals surface area contributed by atoms with Gasteiger partial charge in [-0.1, -0.05) is 30.3 Å². The van der Waals surface area contributed by atoms with E-state index in [1.807, 2.05) is 48.7 Å². The summed E-state index contributed by atoms with van der Waals surface area (Å²) in [5.41, 5.74) is 6.64. The first-order valence-electron chi connectivity index (χ1n) is 15.4. The van der Waals surface area contributed by atoms with Gasteiger partial charge in [-0.25, -0.2) is 0 Å². The van der Waals surface area contributed by atoms with Crippen LogP contribution in [0.3, 0.4) is 0 Å². The molecule has 0 saturated heterocycles. The van der Waals surface area contributed by atoms with Crippen LogP contribution in [0, 0.1) is 0 Å². The summed E-state index contributed by atoms with van der Waals surface area (Å²) in [6, 6.07) is 22.8. The average molecular weight is 635 g/mol. The van der Waals surface area contributed by atoms with Crippen molar-refractivity contribution in [3.05, 3.63) is 119 Å². The molecule has 46 heavy (non-hydrogen) atoms. The molecule has 0 radical (unpaired) electrons. The molecule has 2 aliphatic rings. The Morgan fingerprint density at radius 1 is 0.957 bits per heavy atom. The molecule has 0 fully saturated rings. The number of methoxy groups -OCH3 is 2. The Balaban J connectivity index is 1.09. The number of carbonyl (C=O) groups excluding carboxylic acids is 2. The van der Waals surface area contributed by atoms with Crippen LogP contribution in [-0.4, -0.2) is 67.5 Å². The fourth-order valence-corrected chi connectivity index (χ4v) is 6.42. The van der Waals surface area contributed by atoms with Crippen LogP contribution in [0.1, 0.15) is 39.1 Å². The highest BCUT2D eigenvalue weighted by Gasteiger charge is 2.29. The fraction of sp³-hybridized carbons (Fsp3) is 0.270. The first-order valence-corrected chi connectivity index (χ1v) is 16.6. The minimum atomic E-state index is -0.327. The molecule has 2 N–H and O–H groups in total. The van der Waals surface area contributed by atoms with Gasteiger partial charge in [-0.2, -0.15) is 0 Å². The molecule has 236 valence electrons. The number of ether oxygens (including phenoxy) is 2. The Labute approximate surface area is 273 Å². The zero-order chi connectivity index (χ0) is 32.0. The number of nitrogens with one attached hydrogen (secondary N) is 2. The van der Waals surface area contributed by atoms with Crippen LogP contribution in [0.5, 0.6) is 0 Å². The molecule has 4 aromatic rings. The highest BCUT2D eigenvalue weighted by atomic mass is 32.2. The number of anilines is 2. The number of pyridine rings is 1. The lowest BCUT2D eigenvalue weighted by Crippen LogP contribution is -2.36. The lowest BCUT2D eigenvalue weighted by atomic mass is 9.86. The number of fused-ring (bicyclic) bond motifs is 2. The van der Waals surface area contributed by atoms with Crippen LogP contribution in [0.15, 0.2) is 107 Å². The molecule has 8 nitrogen and oxygen atoms in total. The predicted molar refractivity (Wildman–Crippen MR) is 185 cm³/mol. The number of nitrogens with zero attached hydrogens (tertiary/aromatic N) is 2. The van der Waals surface area contributed by atoms with Gasteiger partial charge < -0.3 is 25.0 Å². The van der Waals surface area contributed by atoms with Crippen LogP contribution in [0.4, 0.5) is 11.4 Å². The first-order chi connectivity index (χ1) is 22.4. The van der Waals surface area contributed by atoms with Crippen LogP contribution < -0.4 is 10.6 Å². The second-order valence-corrected chi connectivity index (χ2v) is 12.4. The number of carbonyl (C=O) groups is 2. The number of amides is 2. The van der Waals surface area contributed by atoms with Crippen molar-refractivity contribution in [2.45, 2.75) is 36.4 Å². The highest BCUT2D eigenvalue weighted by molar-refractivity contribution is 7.98. The molecule has 2 amide bonds. The van der Waals surface area contributed by atoms with Crippen LogP contribution in [0.2, 0.25) is 0 Å². The van der Waals surface area contributed by atoms with Crippen molar-refractivity contribution >= 4 is 45.9 Å². The van der Waals surface area contributed by atoms with E-state index in [9.17, 15) is 9.59 Å². The zero-order valence-corrected chi connectivity index (χ0v) is 27.1. The molecule has 1 aromatic heterocycles. The van der Waals surface area contributed by atoms with Crippen molar-refractivity contribution in [3.8, 4) is 0 Å². The normalized spacial score (nSPS) is 17.6. The molecule has 9 heteroatoms. The van der Waals surface area contributed by atoms with E-state index in [0.29, 0.717) is 22.5 Å². The Kier molecular flexibility index (Phi) is 9.82. The van der Waals surface area contributed by atoms with E-state index < -0.39 is 0 Å². The molecule has 1 aliphatic carbocycles. The summed E-state index contributed by atoms with van der Waals surface area (Å²) in [5, 5.41) is 6.80. The number of para-hydroxylation sites is 1. The molecule has 0 bridgehead atoms. The summed E-state index contributed by atoms with van der Waals surface area (Å²) in [6.07, 6.45) is 10.8. The lowest BCUT2D eigenvalue weighted by molar-refractivity contribution is -0.0146. The van der Waals surface area contributed by atoms with Gasteiger partial charge in [-0.15, -0.1) is 11.8 Å². The molecule has 0 spiro atoms. The Morgan fingerprint density at radius 2 is 1.78 bits per heavy atom. The highest BCUT2D eigenvalue weighted by Crippen LogP contribution is 2.33. The summed E-state index contributed by atoms with van der Waals surface area (Å²) < 4.78 is 11.3. The van der Waals surface area contributed by atoms with E-state index in [-0.39, 0.29) is 24.0 Å². The molecular formula is C37H38N4O4S. The van der Waals surface area contributed by atoms with Gasteiger partial charge >= 0.3 is 0 Å². The van der Waals surface area contributed by atoms with Gasteiger partial charge in [0.25, 0.3) is 11.8 Å². The van der Waals surface area contributed by atoms with E-state index in [2.05, 4.69) is 44.9 Å². The maximum absolute atomic E-state index is 13.5. The van der Waals surface area contributed by atoms with Crippen molar-refractivity contribution in [1.29, 1.82) is 0 Å². The number of hydrogen-bond acceptors (Lipinski definition) is 7. The standard InChI is InChI=1S/C37H38N4O4S/c1-44-34-19-25-15-17-41(23-28(25)20-35(34)45-2)16-14-24-8-10-29(11-9-24)39-37(43)31-21-30(46-3)12-13-33(31)40-36(42)27-18-26-6-4-5-7-32(26)38-22-27/h4-13,18-19,21-23,34-35H,14-17,20H2,1-3H3,(H,39,43)(H,40,42). The van der Waals surface area contributed by atoms with Gasteiger partial charge in [0.1, 0.15) is 6.10 Å². The number of aromatic nitrogens is 1. The third kappa shape index (κ3) is 7.17. The Bertz CT molecular complexity index is 1800. The van der Waals surface area contributed by atoms with E-state index in [4.69, 9.17) is 9.47 Å². The van der Waals surface area contributed by atoms with Crippen molar-refractivity contribution in [3.63, 3.8) is 0 Å². The van der Waals surface area contributed by atoms with Crippen LogP contribution >= 0.6 is 11.8 Å². The monoisotopic (exact) mass is 634 g/mol. The van der Waals surface area contributed by atoms with Crippen LogP contribution in [-0.2, 0) is 15.9 Å². The second kappa shape index (κ2) is 14.3. The molecule has 2 heterocycles. The summed E-state index contributed by atoms with van der Waals surface area (Å²) in [5.74, 6) is -0.622. The lowest BCUT2D eigenvalue weighted by Gasteiger charge is -2.35. The Morgan fingerprint density at radius 3 is 2.57 bits per heavy atom. The fourth-order valence-electron chi connectivity index (χ4n) is 5.98. The minimum absolute atomic E-state index is 0.00969. The van der Waals surface area contributed by atoms with Gasteiger partial charge in [0.05, 0.1) is 28.4 Å². The van der Waals surface area contributed by atoms with E-state index in [1.165, 1.54) is 28.5 Å². The summed E-state index contributed by atoms with van der Waals surface area (Å²) in [4.78, 5) is 34.4. The van der Waals surface area contributed by atoms with Gasteiger partial charge in [0.15, 0.2) is 0 Å². The van der Waals surface area contributed by atoms with Crippen molar-refractivity contribution < 1.29 is 19.1 Å². The van der Waals surface area contributed by atoms with Gasteiger partial charge in [0.2, 0.25) is 0 Å². The quantitative estimate of drug-likeness (QED) is 0.182. The average Bonchev–Trinajstić information content (AvgIpc) is 3.10. The van der Waals surface area contributed by atoms with Gasteiger partial charge in [0, 0.05) is 62.1 Å². The van der Waals surface area contributed by atoms with Crippen molar-refractivity contribution in [1.82, 2.24) is 9.88 Å². The number of hydrogen-bond donors (Lipinski definition) is 2. The predicted octanol–water partition coefficient (Wildman–Crippen LogP) is 6.95. The first kappa shape index (κ1) is 31.5. The number of rotatable bonds is 10. The summed E-state index contributed by atoms with van der Waals surface area (Å²) in [7, 11) is 3.48. The molecule has 0 saturated carbocycles. The third-order valence-corrected chi connectivity index (χ3v) is 9.34. The van der Waals surface area contributed by atoms with E-state index in [0.717, 1.165) is 48.2 Å². The van der Waals surface area contributed by atoms with E-state index in [1.54, 1.807) is 38.6 Å². The minimum Gasteiger partial charge on any atom is -0.378 e. The summed E-state index contributed by atoms with van der Waals surface area (Å²) >= 11 is 1.53. The zero-order valence-electron chi connectivity index (χ0n) is 26.3. The smallest absolute Gasteiger partial charge is 0.257 e. The Hall–Kier alpha value is -4.44. The molecule has 2 unspecified atom stereocenters. The van der Waals surface area contributed by atoms with Gasteiger partial charge in [-0.3, -0.25) is 14.6 Å². The van der Waals surface area contributed by atoms with Crippen molar-refractivity contribution in [2.75, 3.05) is 44.2 Å². The molecule has 6 rings (SSSR count). The largest absolute Gasteiger partial charge is 0.378 e. The third-order valence-electron chi connectivity index (χ3n) is 8.62. The number of benzene rings is 3. The maximum atomic E-state index is 13.5. The SMILES string of the molecule is COC1C=C2CCN(CCc3ccc(NC(=O)c4cc(SC)ccc4NC(=O)c4cnc5ccccc5c4)cc3)C=C2CC1OC. The second-order valence-electron chi connectivity index (χ2n) is 11.5. The van der Waals surface area contributed by atoms with E-state index >= 15 is 0 Å². The van der Waals surface area contributed by atoms with Crippen LogP contribution in [0.25, 0.3) is 10.9 Å². The maximum Gasteiger partial charge on any atom is 0.257 e. The van der Waals surface area contributed by atoms with Crippen molar-refractivity contribution in [2.24, 2.45) is 0 Å². The summed E-state index contributed by atoms with van der Waals surface area (Å²) in [6.45, 7) is 1.88. The molecule has 1 aliphatic heterocycles.